The molecule has 0 aliphatic rings. The minimum atomic E-state index is 0.364. The lowest BCUT2D eigenvalue weighted by Gasteiger charge is -2.07. The summed E-state index contributed by atoms with van der Waals surface area (Å²) in [5.41, 5.74) is 3.52. The summed E-state index contributed by atoms with van der Waals surface area (Å²) in [7, 11) is 0. The van der Waals surface area contributed by atoms with Crippen LogP contribution in [0.25, 0.3) is 0 Å². The van der Waals surface area contributed by atoms with Crippen LogP contribution in [0.15, 0.2) is 27.9 Å². The van der Waals surface area contributed by atoms with E-state index < -0.39 is 0 Å². The molecule has 2 heterocycles. The normalized spacial score (nSPS) is 11.3. The minimum Gasteiger partial charge on any atom is -0.463 e. The number of aromatic nitrogens is 3. The van der Waals surface area contributed by atoms with Crippen LogP contribution in [0, 0.1) is 0 Å². The zero-order valence-corrected chi connectivity index (χ0v) is 12.3. The first-order valence-electron chi connectivity index (χ1n) is 6.81. The number of hydrogen-bond donors (Lipinski definition) is 3. The Morgan fingerprint density at radius 2 is 1.71 bits per heavy atom. The van der Waals surface area contributed by atoms with Crippen molar-refractivity contribution in [3.63, 3.8) is 0 Å². The summed E-state index contributed by atoms with van der Waals surface area (Å²) < 4.78 is 5.26. The molecule has 0 spiro atoms. The van der Waals surface area contributed by atoms with Crippen molar-refractivity contribution in [2.75, 3.05) is 29.1 Å². The Kier molecular flexibility index (Phi) is 5.08. The SMILES string of the molecule is CCNc1nc(NCC)nc(N/N=C(\C)c2ccco2)n1. The summed E-state index contributed by atoms with van der Waals surface area (Å²) in [6, 6.07) is 3.64. The summed E-state index contributed by atoms with van der Waals surface area (Å²) in [4.78, 5) is 12.7. The molecule has 0 unspecified atom stereocenters. The van der Waals surface area contributed by atoms with E-state index >= 15 is 0 Å². The molecule has 3 N–H and O–H groups in total. The average molecular weight is 289 g/mol. The van der Waals surface area contributed by atoms with E-state index in [1.807, 2.05) is 32.9 Å². The Morgan fingerprint density at radius 1 is 1.10 bits per heavy atom. The van der Waals surface area contributed by atoms with Gasteiger partial charge in [-0.15, -0.1) is 0 Å². The monoisotopic (exact) mass is 289 g/mol. The van der Waals surface area contributed by atoms with E-state index in [1.54, 1.807) is 6.26 Å². The second-order valence-corrected chi connectivity index (χ2v) is 4.15. The van der Waals surface area contributed by atoms with Crippen LogP contribution < -0.4 is 16.1 Å². The number of nitrogens with one attached hydrogen (secondary N) is 3. The maximum absolute atomic E-state index is 5.26. The van der Waals surface area contributed by atoms with Crippen LogP contribution >= 0.6 is 0 Å². The van der Waals surface area contributed by atoms with Crippen molar-refractivity contribution in [2.45, 2.75) is 20.8 Å². The third-order valence-electron chi connectivity index (χ3n) is 2.51. The van der Waals surface area contributed by atoms with E-state index in [4.69, 9.17) is 4.42 Å². The summed E-state index contributed by atoms with van der Waals surface area (Å²) in [5, 5.41) is 10.3. The molecular formula is C13H19N7O. The second kappa shape index (κ2) is 7.22. The quantitative estimate of drug-likeness (QED) is 0.530. The Hall–Kier alpha value is -2.64. The average Bonchev–Trinajstić information content (AvgIpc) is 2.99. The fraction of sp³-hybridized carbons (Fsp3) is 0.385. The Morgan fingerprint density at radius 3 is 2.24 bits per heavy atom. The van der Waals surface area contributed by atoms with Gasteiger partial charge in [0, 0.05) is 13.1 Å². The van der Waals surface area contributed by atoms with Gasteiger partial charge in [0.15, 0.2) is 0 Å². The zero-order valence-electron chi connectivity index (χ0n) is 12.3. The van der Waals surface area contributed by atoms with E-state index in [0.29, 0.717) is 29.3 Å². The van der Waals surface area contributed by atoms with Crippen molar-refractivity contribution in [2.24, 2.45) is 5.10 Å². The molecule has 0 bridgehead atoms. The van der Waals surface area contributed by atoms with Crippen molar-refractivity contribution in [1.82, 2.24) is 15.0 Å². The molecule has 2 rings (SSSR count). The summed E-state index contributed by atoms with van der Waals surface area (Å²) in [6.45, 7) is 7.24. The van der Waals surface area contributed by atoms with Gasteiger partial charge in [0.25, 0.3) is 0 Å². The van der Waals surface area contributed by atoms with Gasteiger partial charge in [-0.1, -0.05) is 0 Å². The fourth-order valence-corrected chi connectivity index (χ4v) is 1.57. The van der Waals surface area contributed by atoms with Crippen LogP contribution in [0.5, 0.6) is 0 Å². The third-order valence-corrected chi connectivity index (χ3v) is 2.51. The molecule has 0 radical (unpaired) electrons. The highest BCUT2D eigenvalue weighted by molar-refractivity contribution is 5.96. The maximum atomic E-state index is 5.26. The molecule has 0 saturated carbocycles. The molecule has 0 fully saturated rings. The lowest BCUT2D eigenvalue weighted by molar-refractivity contribution is 0.557. The Bertz CT molecular complexity index is 570. The van der Waals surface area contributed by atoms with E-state index in [-0.39, 0.29) is 0 Å². The van der Waals surface area contributed by atoms with Crippen LogP contribution in [-0.4, -0.2) is 33.8 Å². The third kappa shape index (κ3) is 4.16. The molecule has 2 aromatic rings. The topological polar surface area (TPSA) is 100 Å². The molecule has 0 aromatic carbocycles. The number of furan rings is 1. The summed E-state index contributed by atoms with van der Waals surface area (Å²) in [6.07, 6.45) is 1.60. The lowest BCUT2D eigenvalue weighted by atomic mass is 10.3. The molecular weight excluding hydrogens is 270 g/mol. The van der Waals surface area contributed by atoms with Gasteiger partial charge < -0.3 is 15.1 Å². The first-order chi connectivity index (χ1) is 10.2. The van der Waals surface area contributed by atoms with Crippen molar-refractivity contribution >= 4 is 23.6 Å². The van der Waals surface area contributed by atoms with Gasteiger partial charge in [0.2, 0.25) is 17.8 Å². The van der Waals surface area contributed by atoms with Gasteiger partial charge in [-0.05, 0) is 32.9 Å². The molecule has 2 aromatic heterocycles. The number of rotatable bonds is 7. The van der Waals surface area contributed by atoms with Crippen molar-refractivity contribution in [3.8, 4) is 0 Å². The predicted molar refractivity (Wildman–Crippen MR) is 82.7 cm³/mol. The van der Waals surface area contributed by atoms with Gasteiger partial charge in [-0.3, -0.25) is 0 Å². The van der Waals surface area contributed by atoms with Gasteiger partial charge in [0.1, 0.15) is 11.5 Å². The van der Waals surface area contributed by atoms with Gasteiger partial charge in [-0.2, -0.15) is 20.1 Å². The molecule has 0 atom stereocenters. The first kappa shape index (κ1) is 14.8. The smallest absolute Gasteiger partial charge is 0.250 e. The highest BCUT2D eigenvalue weighted by Gasteiger charge is 2.05. The highest BCUT2D eigenvalue weighted by Crippen LogP contribution is 2.10. The van der Waals surface area contributed by atoms with Gasteiger partial charge >= 0.3 is 0 Å². The number of nitrogens with zero attached hydrogens (tertiary/aromatic N) is 4. The Balaban J connectivity index is 2.16. The van der Waals surface area contributed by atoms with Gasteiger partial charge in [-0.25, -0.2) is 5.43 Å². The highest BCUT2D eigenvalue weighted by atomic mass is 16.3. The standard InChI is InChI=1S/C13H19N7O/c1-4-14-11-16-12(15-5-2)18-13(17-11)20-19-9(3)10-7-6-8-21-10/h6-8H,4-5H2,1-3H3,(H3,14,15,16,17,18,20)/b19-9+. The maximum Gasteiger partial charge on any atom is 0.250 e. The van der Waals surface area contributed by atoms with Crippen LogP contribution in [0.2, 0.25) is 0 Å². The lowest BCUT2D eigenvalue weighted by Crippen LogP contribution is -2.11. The van der Waals surface area contributed by atoms with E-state index in [0.717, 1.165) is 13.1 Å². The van der Waals surface area contributed by atoms with Crippen LogP contribution in [-0.2, 0) is 0 Å². The van der Waals surface area contributed by atoms with E-state index in [1.165, 1.54) is 0 Å². The summed E-state index contributed by atoms with van der Waals surface area (Å²) in [5.74, 6) is 2.05. The van der Waals surface area contributed by atoms with E-state index in [2.05, 4.69) is 36.1 Å². The number of hydrogen-bond acceptors (Lipinski definition) is 8. The molecule has 21 heavy (non-hydrogen) atoms. The van der Waals surface area contributed by atoms with Crippen LogP contribution in [0.3, 0.4) is 0 Å². The first-order valence-corrected chi connectivity index (χ1v) is 6.81. The van der Waals surface area contributed by atoms with Crippen LogP contribution in [0.1, 0.15) is 26.5 Å². The number of hydrazone groups is 1. The predicted octanol–water partition coefficient (Wildman–Crippen LogP) is 2.16. The second-order valence-electron chi connectivity index (χ2n) is 4.15. The van der Waals surface area contributed by atoms with Crippen molar-refractivity contribution in [1.29, 1.82) is 0 Å². The fourth-order valence-electron chi connectivity index (χ4n) is 1.57. The molecule has 8 heteroatoms. The molecule has 0 aliphatic heterocycles. The summed E-state index contributed by atoms with van der Waals surface area (Å²) >= 11 is 0. The van der Waals surface area contributed by atoms with E-state index in [9.17, 15) is 0 Å². The minimum absolute atomic E-state index is 0.364. The molecule has 112 valence electrons. The largest absolute Gasteiger partial charge is 0.463 e. The molecule has 8 nitrogen and oxygen atoms in total. The molecule has 0 aliphatic carbocycles. The van der Waals surface area contributed by atoms with Crippen molar-refractivity contribution in [3.05, 3.63) is 24.2 Å². The molecule has 0 saturated heterocycles. The number of anilines is 3. The zero-order chi connectivity index (χ0) is 15.1. The Labute approximate surface area is 123 Å². The van der Waals surface area contributed by atoms with Gasteiger partial charge in [0.05, 0.1) is 6.26 Å². The van der Waals surface area contributed by atoms with Crippen LogP contribution in [0.4, 0.5) is 17.8 Å². The van der Waals surface area contributed by atoms with Crippen molar-refractivity contribution < 1.29 is 4.42 Å². The molecule has 0 amide bonds.